The van der Waals surface area contributed by atoms with Crippen LogP contribution in [-0.4, -0.2) is 38.6 Å². The molecule has 15 heavy (non-hydrogen) atoms. The van der Waals surface area contributed by atoms with Crippen LogP contribution in [0.4, 0.5) is 4.79 Å². The van der Waals surface area contributed by atoms with E-state index >= 15 is 0 Å². The van der Waals surface area contributed by atoms with Gasteiger partial charge in [0, 0.05) is 17.9 Å². The van der Waals surface area contributed by atoms with Crippen LogP contribution in [0, 0.1) is 0 Å². The summed E-state index contributed by atoms with van der Waals surface area (Å²) in [4.78, 5) is 11.4. The molecule has 1 aromatic heterocycles. The molecule has 0 aliphatic rings. The molecule has 1 aromatic rings. The normalized spacial score (nSPS) is 11.3. The van der Waals surface area contributed by atoms with Gasteiger partial charge >= 0.3 is 13.2 Å². The zero-order chi connectivity index (χ0) is 11.6. The van der Waals surface area contributed by atoms with Crippen LogP contribution >= 0.6 is 0 Å². The van der Waals surface area contributed by atoms with Crippen LogP contribution in [-0.2, 0) is 4.74 Å². The fourth-order valence-corrected chi connectivity index (χ4v) is 0.879. The molecular formula is C8H13BN2O4. The molecule has 1 heterocycles. The lowest BCUT2D eigenvalue weighted by Crippen LogP contribution is -2.30. The number of aromatic nitrogens is 2. The van der Waals surface area contributed by atoms with Gasteiger partial charge in [-0.25, -0.2) is 4.79 Å². The molecule has 0 fully saturated rings. The summed E-state index contributed by atoms with van der Waals surface area (Å²) in [6, 6.07) is 0. The third-order valence-electron chi connectivity index (χ3n) is 1.48. The zero-order valence-corrected chi connectivity index (χ0v) is 8.84. The van der Waals surface area contributed by atoms with Gasteiger partial charge in [-0.2, -0.15) is 9.78 Å². The summed E-state index contributed by atoms with van der Waals surface area (Å²) in [5, 5.41) is 21.2. The molecular weight excluding hydrogens is 199 g/mol. The summed E-state index contributed by atoms with van der Waals surface area (Å²) in [5.74, 6) is 0. The van der Waals surface area contributed by atoms with Gasteiger partial charge < -0.3 is 14.8 Å². The van der Waals surface area contributed by atoms with E-state index in [4.69, 9.17) is 14.8 Å². The summed E-state index contributed by atoms with van der Waals surface area (Å²) in [7, 11) is -1.64. The Balaban J connectivity index is 2.75. The van der Waals surface area contributed by atoms with Crippen LogP contribution in [0.15, 0.2) is 12.4 Å². The Morgan fingerprint density at radius 1 is 1.53 bits per heavy atom. The molecule has 0 saturated carbocycles. The van der Waals surface area contributed by atoms with E-state index in [1.807, 2.05) is 0 Å². The van der Waals surface area contributed by atoms with Gasteiger partial charge in [0.25, 0.3) is 0 Å². The first-order chi connectivity index (χ1) is 6.79. The van der Waals surface area contributed by atoms with Crippen molar-refractivity contribution in [2.24, 2.45) is 0 Å². The van der Waals surface area contributed by atoms with E-state index in [2.05, 4.69) is 5.10 Å². The number of hydrogen-bond acceptors (Lipinski definition) is 5. The van der Waals surface area contributed by atoms with Crippen molar-refractivity contribution in [2.75, 3.05) is 0 Å². The number of nitrogens with zero attached hydrogens (tertiary/aromatic N) is 2. The quantitative estimate of drug-likeness (QED) is 0.604. The highest BCUT2D eigenvalue weighted by molar-refractivity contribution is 6.58. The Labute approximate surface area is 87.6 Å². The summed E-state index contributed by atoms with van der Waals surface area (Å²) in [6.07, 6.45) is 1.74. The van der Waals surface area contributed by atoms with Crippen molar-refractivity contribution < 1.29 is 19.6 Å². The van der Waals surface area contributed by atoms with Crippen molar-refractivity contribution >= 4 is 18.7 Å². The number of carbonyl (C=O) groups is 1. The first-order valence-corrected chi connectivity index (χ1v) is 4.43. The molecule has 0 unspecified atom stereocenters. The molecule has 82 valence electrons. The zero-order valence-electron chi connectivity index (χ0n) is 8.84. The highest BCUT2D eigenvalue weighted by atomic mass is 16.6. The average Bonchev–Trinajstić information content (AvgIpc) is 2.47. The lowest BCUT2D eigenvalue weighted by molar-refractivity contribution is 0.0514. The maximum atomic E-state index is 11.4. The Morgan fingerprint density at radius 2 is 2.13 bits per heavy atom. The van der Waals surface area contributed by atoms with E-state index in [1.54, 1.807) is 20.8 Å². The number of hydrogen-bond donors (Lipinski definition) is 2. The predicted octanol–water partition coefficient (Wildman–Crippen LogP) is -0.654. The van der Waals surface area contributed by atoms with Gasteiger partial charge in [0.05, 0.1) is 0 Å². The largest absolute Gasteiger partial charge is 0.491 e. The summed E-state index contributed by atoms with van der Waals surface area (Å²) in [6.45, 7) is 5.20. The van der Waals surface area contributed by atoms with Crippen LogP contribution in [0.2, 0.25) is 0 Å². The van der Waals surface area contributed by atoms with Crippen LogP contribution in [0.25, 0.3) is 0 Å². The van der Waals surface area contributed by atoms with Crippen molar-refractivity contribution in [3.05, 3.63) is 12.4 Å². The summed E-state index contributed by atoms with van der Waals surface area (Å²) in [5.41, 5.74) is -0.470. The molecule has 0 aromatic carbocycles. The van der Waals surface area contributed by atoms with Crippen LogP contribution < -0.4 is 5.46 Å². The van der Waals surface area contributed by atoms with Gasteiger partial charge in [-0.05, 0) is 20.8 Å². The Morgan fingerprint density at radius 3 is 2.53 bits per heavy atom. The Kier molecular flexibility index (Phi) is 3.16. The molecule has 0 aliphatic heterocycles. The highest BCUT2D eigenvalue weighted by Gasteiger charge is 2.20. The van der Waals surface area contributed by atoms with Gasteiger partial charge in [0.15, 0.2) is 0 Å². The smallest absolute Gasteiger partial charge is 0.442 e. The van der Waals surface area contributed by atoms with Crippen LogP contribution in [0.1, 0.15) is 20.8 Å². The van der Waals surface area contributed by atoms with Crippen molar-refractivity contribution in [3.63, 3.8) is 0 Å². The van der Waals surface area contributed by atoms with E-state index in [-0.39, 0.29) is 5.46 Å². The van der Waals surface area contributed by atoms with Crippen LogP contribution in [0.3, 0.4) is 0 Å². The molecule has 0 saturated heterocycles. The van der Waals surface area contributed by atoms with Gasteiger partial charge in [-0.1, -0.05) is 0 Å². The van der Waals surface area contributed by atoms with Gasteiger partial charge in [-0.3, -0.25) is 0 Å². The predicted molar refractivity (Wildman–Crippen MR) is 53.7 cm³/mol. The molecule has 2 N–H and O–H groups in total. The Hall–Kier alpha value is -1.34. The molecule has 0 spiro atoms. The van der Waals surface area contributed by atoms with E-state index in [9.17, 15) is 4.79 Å². The molecule has 1 rings (SSSR count). The third kappa shape index (κ3) is 3.37. The van der Waals surface area contributed by atoms with Gasteiger partial charge in [0.2, 0.25) is 0 Å². The maximum Gasteiger partial charge on any atom is 0.491 e. The molecule has 6 nitrogen and oxygen atoms in total. The van der Waals surface area contributed by atoms with E-state index < -0.39 is 18.8 Å². The second-order valence-electron chi connectivity index (χ2n) is 4.07. The molecule has 0 bridgehead atoms. The number of rotatable bonds is 1. The summed E-state index contributed by atoms with van der Waals surface area (Å²) >= 11 is 0. The van der Waals surface area contributed by atoms with Crippen molar-refractivity contribution in [3.8, 4) is 0 Å². The molecule has 0 aliphatic carbocycles. The lowest BCUT2D eigenvalue weighted by Gasteiger charge is -2.18. The second kappa shape index (κ2) is 4.04. The van der Waals surface area contributed by atoms with E-state index in [0.717, 1.165) is 4.68 Å². The second-order valence-corrected chi connectivity index (χ2v) is 4.07. The van der Waals surface area contributed by atoms with Gasteiger partial charge in [-0.15, -0.1) is 0 Å². The van der Waals surface area contributed by atoms with Crippen molar-refractivity contribution in [1.82, 2.24) is 9.78 Å². The first-order valence-electron chi connectivity index (χ1n) is 4.43. The number of carbonyl (C=O) groups excluding carboxylic acids is 1. The summed E-state index contributed by atoms with van der Waals surface area (Å²) < 4.78 is 5.93. The Bertz CT molecular complexity index is 356. The monoisotopic (exact) mass is 212 g/mol. The minimum Gasteiger partial charge on any atom is -0.442 e. The lowest BCUT2D eigenvalue weighted by atomic mass is 9.83. The molecule has 0 atom stereocenters. The SMILES string of the molecule is CC(C)(C)OC(=O)n1cc(B(O)O)cn1. The fraction of sp³-hybridized carbons (Fsp3) is 0.500. The first kappa shape index (κ1) is 11.7. The highest BCUT2D eigenvalue weighted by Crippen LogP contribution is 2.07. The van der Waals surface area contributed by atoms with Crippen molar-refractivity contribution in [1.29, 1.82) is 0 Å². The van der Waals surface area contributed by atoms with E-state index in [0.29, 0.717) is 0 Å². The minimum atomic E-state index is -1.64. The van der Waals surface area contributed by atoms with Crippen LogP contribution in [0.5, 0.6) is 0 Å². The average molecular weight is 212 g/mol. The molecule has 0 radical (unpaired) electrons. The maximum absolute atomic E-state index is 11.4. The number of ether oxygens (including phenoxy) is 1. The molecule has 7 heteroatoms. The van der Waals surface area contributed by atoms with Crippen molar-refractivity contribution in [2.45, 2.75) is 26.4 Å². The topological polar surface area (TPSA) is 84.6 Å². The van der Waals surface area contributed by atoms with Gasteiger partial charge in [0.1, 0.15) is 5.60 Å². The standard InChI is InChI=1S/C8H13BN2O4/c1-8(2,3)15-7(12)11-5-6(4-10-11)9(13)14/h4-5,13-14H,1-3H3. The van der Waals surface area contributed by atoms with E-state index in [1.165, 1.54) is 12.4 Å². The third-order valence-corrected chi connectivity index (χ3v) is 1.48. The minimum absolute atomic E-state index is 0.140. The fourth-order valence-electron chi connectivity index (χ4n) is 0.879. The molecule has 0 amide bonds.